The molecule has 9 fully saturated rings. The number of nitrogens with one attached hydrogen (secondary N) is 4. The molecule has 4 aliphatic heterocycles. The molecular formula is C108H135BrClN29O9. The number of H-pyrrole nitrogens is 1. The van der Waals surface area contributed by atoms with E-state index in [0.717, 1.165) is 115 Å². The summed E-state index contributed by atoms with van der Waals surface area (Å²) in [6, 6.07) is 29.3. The van der Waals surface area contributed by atoms with Crippen molar-refractivity contribution >= 4 is 103 Å². The van der Waals surface area contributed by atoms with Crippen molar-refractivity contribution < 1.29 is 43.0 Å². The number of nitrogen functional groups attached to an aromatic ring is 2. The number of halogens is 2. The van der Waals surface area contributed by atoms with Crippen molar-refractivity contribution in [2.24, 2.45) is 11.8 Å². The molecule has 14 aromatic heterocycles. The number of amides is 5. The first-order chi connectivity index (χ1) is 71.1. The zero-order valence-corrected chi connectivity index (χ0v) is 88.5. The maximum absolute atomic E-state index is 13.3. The number of hydrogen-bond acceptors (Lipinski definition) is 26. The molecule has 0 aromatic carbocycles. The van der Waals surface area contributed by atoms with E-state index in [1.165, 1.54) is 122 Å². The molecule has 38 nitrogen and oxygen atoms in total. The van der Waals surface area contributed by atoms with E-state index in [4.69, 9.17) is 52.6 Å². The molecule has 0 radical (unpaired) electrons. The van der Waals surface area contributed by atoms with Gasteiger partial charge in [-0.3, -0.25) is 19.5 Å². The fourth-order valence-electron chi connectivity index (χ4n) is 18.7. The molecule has 0 spiro atoms. The summed E-state index contributed by atoms with van der Waals surface area (Å²) in [5, 5.41) is 42.6. The molecule has 780 valence electrons. The van der Waals surface area contributed by atoms with Gasteiger partial charge in [0, 0.05) is 155 Å². The van der Waals surface area contributed by atoms with E-state index in [1.54, 1.807) is 93.2 Å². The number of carbonyl (C=O) groups is 6. The number of aromatic amines is 1. The summed E-state index contributed by atoms with van der Waals surface area (Å²) in [6.07, 6.45) is 44.5. The standard InChI is InChI=1S/C28H32N8O3.C23H24N8O.C21H29N5O2.C13H22N4O2.C8H8BrN.C8H16.C7H4ClN3O/c1-28(2,3)39-27(38)34-13-9-19(10-14-34)22-15-24(32-26(37)21-17-31-35-12-4-11-29-25(21)35)36(33-22)23-8-7-20(16-30-23)18-5-6-18;32-23(18-14-27-30-11-1-8-25-22(18)30)28-21-12-19(16-6-9-24-10-7-16)29-31(21)20-5-4-17(13-26-20)15-2-3-15;1-21(2,3)28-20(27)25-10-8-15(9-11-25)17-12-18(22)26(24-17)19-7-6-16(13-23-19)14-4-5-14;1-13(2,3)19-12(18)17-6-4-9(5-7-17)10-8-11(14)16-15-10;9-8-4-3-7(5-10-8)6-1-2-6;1-7-5-3-4-6-8(7)2;8-6(12)5-4-10-11-3-1-2-9-7(5)11/h4,7-8,11-12,15-19H,5-6,9-10,13-14H2,1-3H3,(H,32,37);1,4-5,8,11-16,24H,2-3,6-7,9-10H2,(H,28,32);6-7,12-15H,4-5,8-11,22H2,1-3H3;8-9H,4-7H2,1-3H3,(H3,14,15,16);3-6H,1-2H2;7-8H,3-6H2,1-2H3;1-4H/t;;;;;7-,8-;/m.....0./s1. The second-order valence-corrected chi connectivity index (χ2v) is 43.9. The molecule has 5 aliphatic carbocycles. The Hall–Kier alpha value is -14.0. The first kappa shape index (κ1) is 105. The lowest BCUT2D eigenvalue weighted by molar-refractivity contribution is 0.0193. The predicted molar refractivity (Wildman–Crippen MR) is 567 cm³/mol. The fourth-order valence-corrected chi connectivity index (χ4v) is 19.0. The monoisotopic (exact) mass is 2100 g/mol. The van der Waals surface area contributed by atoms with Crippen molar-refractivity contribution in [3.05, 3.63) is 238 Å². The van der Waals surface area contributed by atoms with Gasteiger partial charge in [-0.15, -0.1) is 0 Å². The van der Waals surface area contributed by atoms with Gasteiger partial charge in [0.1, 0.15) is 55.8 Å². The third-order valence-corrected chi connectivity index (χ3v) is 28.4. The van der Waals surface area contributed by atoms with Gasteiger partial charge in [-0.05, 0) is 306 Å². The number of anilines is 4. The van der Waals surface area contributed by atoms with Crippen LogP contribution in [0, 0.1) is 11.8 Å². The molecule has 148 heavy (non-hydrogen) atoms. The van der Waals surface area contributed by atoms with Crippen molar-refractivity contribution in [3.8, 4) is 17.5 Å². The van der Waals surface area contributed by atoms with Crippen molar-refractivity contribution in [3.63, 3.8) is 0 Å². The Morgan fingerprint density at radius 1 is 0.399 bits per heavy atom. The number of nitrogens with zero attached hydrogens (tertiary/aromatic N) is 23. The fraction of sp³-hybridized carbons (Fsp3) is 0.481. The second-order valence-electron chi connectivity index (χ2n) is 42.8. The lowest BCUT2D eigenvalue weighted by atomic mass is 9.82. The molecule has 2 atom stereocenters. The van der Waals surface area contributed by atoms with E-state index in [-0.39, 0.29) is 41.9 Å². The average molecular weight is 2100 g/mol. The number of ether oxygens (including phenoxy) is 3. The van der Waals surface area contributed by atoms with E-state index in [0.29, 0.717) is 137 Å². The van der Waals surface area contributed by atoms with Crippen molar-refractivity contribution in [1.82, 2.24) is 123 Å². The number of piperidine rings is 4. The molecule has 14 aromatic rings. The lowest BCUT2D eigenvalue weighted by Crippen LogP contribution is -2.41. The Balaban J connectivity index is 0.000000125. The molecular weight excluding hydrogens is 1960 g/mol. The predicted octanol–water partition coefficient (Wildman–Crippen LogP) is 20.1. The van der Waals surface area contributed by atoms with Gasteiger partial charge in [0.2, 0.25) is 0 Å². The molecule has 5 amide bonds. The highest BCUT2D eigenvalue weighted by Crippen LogP contribution is 2.44. The van der Waals surface area contributed by atoms with E-state index >= 15 is 0 Å². The maximum atomic E-state index is 13.3. The van der Waals surface area contributed by atoms with Crippen molar-refractivity contribution in [2.75, 3.05) is 74.5 Å². The minimum Gasteiger partial charge on any atom is -0.444 e. The Morgan fingerprint density at radius 3 is 1.08 bits per heavy atom. The van der Waals surface area contributed by atoms with E-state index in [9.17, 15) is 28.8 Å². The molecule has 18 heterocycles. The Kier molecular flexibility index (Phi) is 33.5. The second kappa shape index (κ2) is 47.1. The molecule has 0 bridgehead atoms. The average Bonchev–Trinajstić information content (AvgIpc) is 1.63. The smallest absolute Gasteiger partial charge is 0.410 e. The van der Waals surface area contributed by atoms with Gasteiger partial charge < -0.3 is 56.3 Å². The summed E-state index contributed by atoms with van der Waals surface area (Å²) >= 11 is 8.60. The van der Waals surface area contributed by atoms with Gasteiger partial charge in [0.05, 0.1) is 41.2 Å². The summed E-state index contributed by atoms with van der Waals surface area (Å²) in [4.78, 5) is 110. The van der Waals surface area contributed by atoms with Gasteiger partial charge in [0.15, 0.2) is 34.4 Å². The van der Waals surface area contributed by atoms with E-state index < -0.39 is 22.0 Å². The number of hydrogen-bond donors (Lipinski definition) is 6. The Morgan fingerprint density at radius 2 is 0.743 bits per heavy atom. The number of carbonyl (C=O) groups excluding carboxylic acids is 6. The van der Waals surface area contributed by atoms with Crippen LogP contribution in [0.4, 0.5) is 37.7 Å². The zero-order chi connectivity index (χ0) is 104. The molecule has 23 rings (SSSR count). The quantitative estimate of drug-likeness (QED) is 0.0297. The highest BCUT2D eigenvalue weighted by molar-refractivity contribution is 9.10. The molecule has 40 heteroatoms. The number of likely N-dealkylation sites (tertiary alicyclic amines) is 3. The van der Waals surface area contributed by atoms with Gasteiger partial charge in [-0.2, -0.15) is 49.7 Å². The van der Waals surface area contributed by atoms with Crippen molar-refractivity contribution in [2.45, 2.75) is 269 Å². The SMILES string of the molecule is Brc1ccc(C2CC2)cn1.CC(C)(C)OC(=O)N1CCC(c2cc(N)n(-c3ccc(C4CC4)cn3)n2)CC1.CC(C)(C)OC(=O)N1CCC(c2cc(N)n[nH]2)CC1.CC(C)(C)OC(=O)N1CCC(c2cc(NC(=O)c3cnn4cccnc34)n(-c3ccc(C4CC4)cn3)n2)CC1.C[C@H]1CCCC[C@@H]1C.O=C(Cl)c1cnn2cccnc12.O=C(Nc1cc(C2CCNCC2)nn1-c1ccc(C2CC2)cn1)c1cnn2cccnc12. The van der Waals surface area contributed by atoms with Crippen LogP contribution in [0.25, 0.3) is 34.4 Å². The van der Waals surface area contributed by atoms with E-state index in [1.807, 2.05) is 136 Å². The van der Waals surface area contributed by atoms with Gasteiger partial charge in [0.25, 0.3) is 17.1 Å². The van der Waals surface area contributed by atoms with Crippen LogP contribution in [0.15, 0.2) is 176 Å². The summed E-state index contributed by atoms with van der Waals surface area (Å²) < 4.78 is 27.1. The first-order valence-electron chi connectivity index (χ1n) is 51.8. The van der Waals surface area contributed by atoms with Crippen LogP contribution >= 0.6 is 27.5 Å². The van der Waals surface area contributed by atoms with Gasteiger partial charge in [-0.1, -0.05) is 63.8 Å². The largest absolute Gasteiger partial charge is 0.444 e. The highest BCUT2D eigenvalue weighted by Gasteiger charge is 2.36. The number of aromatic nitrogens is 21. The normalized spacial score (nSPS) is 17.9. The molecule has 8 N–H and O–H groups in total. The van der Waals surface area contributed by atoms with Crippen LogP contribution in [0.5, 0.6) is 0 Å². The summed E-state index contributed by atoms with van der Waals surface area (Å²) in [5.41, 5.74) is 22.0. The molecule has 4 saturated heterocycles. The first-order valence-corrected chi connectivity index (χ1v) is 53.0. The highest BCUT2D eigenvalue weighted by atomic mass is 79.9. The van der Waals surface area contributed by atoms with E-state index in [2.05, 4.69) is 130 Å². The number of fused-ring (bicyclic) bond motifs is 3. The van der Waals surface area contributed by atoms with Crippen LogP contribution in [0.1, 0.15) is 328 Å². The van der Waals surface area contributed by atoms with Crippen LogP contribution in [0.2, 0.25) is 0 Å². The third-order valence-electron chi connectivity index (χ3n) is 27.8. The summed E-state index contributed by atoms with van der Waals surface area (Å²) in [6.45, 7) is 27.5. The van der Waals surface area contributed by atoms with Crippen LogP contribution in [-0.4, -0.2) is 222 Å². The number of nitrogens with two attached hydrogens (primary N) is 2. The molecule has 5 saturated carbocycles. The number of pyridine rings is 4. The Bertz CT molecular complexity index is 6840. The summed E-state index contributed by atoms with van der Waals surface area (Å²) in [5.74, 6) is 9.62. The summed E-state index contributed by atoms with van der Waals surface area (Å²) in [7, 11) is 0. The topological polar surface area (TPSA) is 452 Å². The Labute approximate surface area is 874 Å². The van der Waals surface area contributed by atoms with Crippen LogP contribution in [-0.2, 0) is 14.2 Å². The maximum Gasteiger partial charge on any atom is 0.410 e. The zero-order valence-electron chi connectivity index (χ0n) is 86.1. The molecule has 9 aliphatic rings. The van der Waals surface area contributed by atoms with Gasteiger partial charge >= 0.3 is 18.3 Å². The minimum absolute atomic E-state index is 0.130. The van der Waals surface area contributed by atoms with Crippen LogP contribution < -0.4 is 27.4 Å². The van der Waals surface area contributed by atoms with Gasteiger partial charge in [-0.25, -0.2) is 62.8 Å². The minimum atomic E-state index is -0.538. The third kappa shape index (κ3) is 28.3. The van der Waals surface area contributed by atoms with Crippen LogP contribution in [0.3, 0.4) is 0 Å². The number of rotatable bonds is 16. The molecule has 0 unspecified atom stereocenters. The lowest BCUT2D eigenvalue weighted by Gasteiger charge is -2.33. The van der Waals surface area contributed by atoms with Crippen molar-refractivity contribution in [1.29, 1.82) is 0 Å².